The molecule has 0 aromatic carbocycles. The first-order chi connectivity index (χ1) is 7.22. The third-order valence-corrected chi connectivity index (χ3v) is 3.06. The molecule has 0 saturated carbocycles. The average molecular weight is 246 g/mol. The molecule has 0 spiro atoms. The van der Waals surface area contributed by atoms with Gasteiger partial charge in [-0.15, -0.1) is 12.4 Å². The van der Waals surface area contributed by atoms with Crippen LogP contribution in [0.25, 0.3) is 4.85 Å². The van der Waals surface area contributed by atoms with Crippen molar-refractivity contribution in [2.45, 2.75) is 37.6 Å². The van der Waals surface area contributed by atoms with Gasteiger partial charge in [-0.05, 0) is 12.8 Å². The number of nitrogens with one attached hydrogen (secondary N) is 1. The molecule has 2 aliphatic heterocycles. The summed E-state index contributed by atoms with van der Waals surface area (Å²) in [6.07, 6.45) is 1.46. The Labute approximate surface area is 101 Å². The minimum Gasteiger partial charge on any atom is -0.392 e. The second-order valence-corrected chi connectivity index (χ2v) is 4.13. The molecule has 0 bridgehead atoms. The number of hydrogen-bond acceptors (Lipinski definition) is 3. The van der Waals surface area contributed by atoms with E-state index < -0.39 is 6.10 Å². The minimum atomic E-state index is -0.423. The lowest BCUT2D eigenvalue weighted by Gasteiger charge is -2.20. The first-order valence-electron chi connectivity index (χ1n) is 5.31. The van der Waals surface area contributed by atoms with E-state index in [1.165, 1.54) is 0 Å². The second-order valence-electron chi connectivity index (χ2n) is 4.13. The number of carbonyl (C=O) groups excluding carboxylic acids is 1. The summed E-state index contributed by atoms with van der Waals surface area (Å²) in [5.74, 6) is -0.0231. The van der Waals surface area contributed by atoms with Gasteiger partial charge in [-0.3, -0.25) is 14.5 Å². The maximum atomic E-state index is 12.0. The summed E-state index contributed by atoms with van der Waals surface area (Å²) < 4.78 is 0. The number of amides is 1. The summed E-state index contributed by atoms with van der Waals surface area (Å²) >= 11 is 0. The molecule has 0 unspecified atom stereocenters. The van der Waals surface area contributed by atoms with E-state index in [-0.39, 0.29) is 30.5 Å². The summed E-state index contributed by atoms with van der Waals surface area (Å²) in [7, 11) is 0. The van der Waals surface area contributed by atoms with Crippen LogP contribution in [-0.2, 0) is 4.79 Å². The molecule has 2 aliphatic rings. The van der Waals surface area contributed by atoms with Gasteiger partial charge in [0.25, 0.3) is 0 Å². The van der Waals surface area contributed by atoms with Gasteiger partial charge in [-0.25, -0.2) is 6.57 Å². The van der Waals surface area contributed by atoms with Crippen molar-refractivity contribution >= 4 is 18.3 Å². The molecule has 90 valence electrons. The van der Waals surface area contributed by atoms with Crippen molar-refractivity contribution in [1.29, 1.82) is 0 Å². The van der Waals surface area contributed by atoms with Gasteiger partial charge in [-0.2, -0.15) is 0 Å². The Morgan fingerprint density at radius 1 is 1.56 bits per heavy atom. The highest BCUT2D eigenvalue weighted by atomic mass is 35.5. The lowest BCUT2D eigenvalue weighted by molar-refractivity contribution is -0.133. The summed E-state index contributed by atoms with van der Waals surface area (Å²) in [6, 6.07) is -0.289. The molecule has 0 radical (unpaired) electrons. The average Bonchev–Trinajstić information content (AvgIpc) is 2.84. The molecule has 16 heavy (non-hydrogen) atoms. The molecule has 3 atom stereocenters. The molecule has 6 heteroatoms. The van der Waals surface area contributed by atoms with E-state index in [0.717, 1.165) is 12.8 Å². The first kappa shape index (κ1) is 13.2. The van der Waals surface area contributed by atoms with E-state index in [1.54, 1.807) is 4.90 Å². The fourth-order valence-corrected chi connectivity index (χ4v) is 2.25. The number of nitrogens with zero attached hydrogens (tertiary/aromatic N) is 2. The van der Waals surface area contributed by atoms with Gasteiger partial charge in [0, 0.05) is 19.5 Å². The zero-order valence-electron chi connectivity index (χ0n) is 8.93. The molecule has 2 heterocycles. The van der Waals surface area contributed by atoms with Crippen LogP contribution in [0.2, 0.25) is 0 Å². The Kier molecular flexibility index (Phi) is 4.54. The number of hydrogen-bond donors (Lipinski definition) is 2. The van der Waals surface area contributed by atoms with Gasteiger partial charge in [0.05, 0.1) is 12.1 Å². The highest BCUT2D eigenvalue weighted by molar-refractivity contribution is 5.85. The normalized spacial score (nSPS) is 33.2. The Morgan fingerprint density at radius 2 is 2.31 bits per heavy atom. The van der Waals surface area contributed by atoms with Gasteiger partial charge in [-0.1, -0.05) is 0 Å². The standard InChI is InChI=1S/C10H15N3O2.ClH/c1-11-9-3-2-4-13(9)10(15)8-5-7(14)6-12-8;/h7-9,12,14H,2-6H2;1H/t7-,8+,9+;/m1./s1. The lowest BCUT2D eigenvalue weighted by atomic mass is 10.2. The van der Waals surface area contributed by atoms with Crippen molar-refractivity contribution in [3.8, 4) is 0 Å². The van der Waals surface area contributed by atoms with Gasteiger partial charge in [0.2, 0.25) is 5.91 Å². The van der Waals surface area contributed by atoms with E-state index in [4.69, 9.17) is 6.57 Å². The Hall–Kier alpha value is -0.830. The van der Waals surface area contributed by atoms with Gasteiger partial charge < -0.3 is 10.4 Å². The number of likely N-dealkylation sites (tertiary alicyclic amines) is 1. The zero-order chi connectivity index (χ0) is 10.8. The van der Waals surface area contributed by atoms with Crippen LogP contribution >= 0.6 is 12.4 Å². The van der Waals surface area contributed by atoms with Crippen molar-refractivity contribution in [3.63, 3.8) is 0 Å². The maximum Gasteiger partial charge on any atom is 0.300 e. The minimum absolute atomic E-state index is 0. The van der Waals surface area contributed by atoms with E-state index in [2.05, 4.69) is 10.2 Å². The summed E-state index contributed by atoms with van der Waals surface area (Å²) in [5.41, 5.74) is 0. The van der Waals surface area contributed by atoms with Crippen molar-refractivity contribution < 1.29 is 9.90 Å². The van der Waals surface area contributed by atoms with Crippen LogP contribution in [-0.4, -0.2) is 47.3 Å². The molecule has 0 aromatic rings. The molecule has 0 aliphatic carbocycles. The van der Waals surface area contributed by atoms with E-state index in [9.17, 15) is 9.90 Å². The van der Waals surface area contributed by atoms with Gasteiger partial charge >= 0.3 is 6.17 Å². The lowest BCUT2D eigenvalue weighted by Crippen LogP contribution is -2.44. The summed E-state index contributed by atoms with van der Waals surface area (Å²) in [4.78, 5) is 17.1. The molecule has 5 nitrogen and oxygen atoms in total. The van der Waals surface area contributed by atoms with Crippen LogP contribution in [0.15, 0.2) is 0 Å². The quantitative estimate of drug-likeness (QED) is 0.640. The van der Waals surface area contributed by atoms with Crippen LogP contribution in [0, 0.1) is 6.57 Å². The SMILES string of the molecule is Cl.[C-]#[N+][C@@H]1CCCN1C(=O)[C@@H]1C[C@@H](O)CN1. The Bertz CT molecular complexity index is 305. The Balaban J connectivity index is 0.00000128. The second kappa shape index (κ2) is 5.48. The predicted molar refractivity (Wildman–Crippen MR) is 61.0 cm³/mol. The molecule has 0 aromatic heterocycles. The van der Waals surface area contributed by atoms with Crippen molar-refractivity contribution in [3.05, 3.63) is 11.4 Å². The van der Waals surface area contributed by atoms with Crippen LogP contribution < -0.4 is 5.32 Å². The monoisotopic (exact) mass is 245 g/mol. The number of β-amino-alcohol motifs (C(OH)–C–C–N with tert-alkyl or cyclic N) is 1. The molecule has 1 amide bonds. The molecular weight excluding hydrogens is 230 g/mol. The van der Waals surface area contributed by atoms with Gasteiger partial charge in [0.1, 0.15) is 0 Å². The third kappa shape index (κ3) is 2.46. The van der Waals surface area contributed by atoms with Crippen LogP contribution in [0.3, 0.4) is 0 Å². The zero-order valence-corrected chi connectivity index (χ0v) is 9.74. The number of aliphatic hydroxyl groups excluding tert-OH is 1. The fraction of sp³-hybridized carbons (Fsp3) is 0.800. The smallest absolute Gasteiger partial charge is 0.300 e. The Morgan fingerprint density at radius 3 is 2.88 bits per heavy atom. The predicted octanol–water partition coefficient (Wildman–Crippen LogP) is -0.00121. The molecule has 2 rings (SSSR count). The van der Waals surface area contributed by atoms with Crippen molar-refractivity contribution in [2.75, 3.05) is 13.1 Å². The van der Waals surface area contributed by atoms with Crippen molar-refractivity contribution in [2.24, 2.45) is 0 Å². The molecular formula is C10H16ClN3O2. The third-order valence-electron chi connectivity index (χ3n) is 3.06. The van der Waals surface area contributed by atoms with Crippen molar-refractivity contribution in [1.82, 2.24) is 10.2 Å². The van der Waals surface area contributed by atoms with E-state index >= 15 is 0 Å². The van der Waals surface area contributed by atoms with E-state index in [1.807, 2.05) is 0 Å². The summed E-state index contributed by atoms with van der Waals surface area (Å²) in [5, 5.41) is 12.3. The van der Waals surface area contributed by atoms with Gasteiger partial charge in [0.15, 0.2) is 0 Å². The van der Waals surface area contributed by atoms with Crippen LogP contribution in [0.1, 0.15) is 19.3 Å². The highest BCUT2D eigenvalue weighted by Crippen LogP contribution is 2.21. The fourth-order valence-electron chi connectivity index (χ4n) is 2.25. The maximum absolute atomic E-state index is 12.0. The highest BCUT2D eigenvalue weighted by Gasteiger charge is 2.39. The van der Waals surface area contributed by atoms with Crippen LogP contribution in [0.5, 0.6) is 0 Å². The van der Waals surface area contributed by atoms with E-state index in [0.29, 0.717) is 19.5 Å². The molecule has 2 saturated heterocycles. The first-order valence-corrected chi connectivity index (χ1v) is 5.31. The molecule has 2 N–H and O–H groups in total. The topological polar surface area (TPSA) is 56.9 Å². The number of halogens is 1. The van der Waals surface area contributed by atoms with Crippen LogP contribution in [0.4, 0.5) is 0 Å². The summed E-state index contributed by atoms with van der Waals surface area (Å²) in [6.45, 7) is 8.16. The number of carbonyl (C=O) groups is 1. The number of rotatable bonds is 1. The largest absolute Gasteiger partial charge is 0.392 e. The number of aliphatic hydroxyl groups is 1. The molecule has 2 fully saturated rings.